The molecular weight excluding hydrogens is 346 g/mol. The van der Waals surface area contributed by atoms with E-state index >= 15 is 0 Å². The smallest absolute Gasteiger partial charge is 0.338 e. The number of halogens is 1. The monoisotopic (exact) mass is 366 g/mol. The van der Waals surface area contributed by atoms with Gasteiger partial charge in [0.1, 0.15) is 19.6 Å². The lowest BCUT2D eigenvalue weighted by Crippen LogP contribution is -3.14. The highest BCUT2D eigenvalue weighted by Crippen LogP contribution is 2.31. The second-order valence-electron chi connectivity index (χ2n) is 5.98. The molecule has 0 spiro atoms. The molecule has 1 atom stereocenters. The van der Waals surface area contributed by atoms with Crippen LogP contribution in [0, 0.1) is 0 Å². The average Bonchev–Trinajstić information content (AvgIpc) is 2.62. The summed E-state index contributed by atoms with van der Waals surface area (Å²) in [6.45, 7) is 3.48. The molecule has 0 bridgehead atoms. The molecule has 2 aliphatic rings. The molecule has 2 heterocycles. The fourth-order valence-electron chi connectivity index (χ4n) is 3.14. The number of benzene rings is 1. The third-order valence-electron chi connectivity index (χ3n) is 4.40. The van der Waals surface area contributed by atoms with E-state index in [9.17, 15) is 9.59 Å². The van der Waals surface area contributed by atoms with Gasteiger partial charge in [0.15, 0.2) is 0 Å². The standard InChI is InChI=1S/C17H20ClN3O4/c1-24-16(22)14-13(10-21-6-8-25-9-7-21)19-17(23)20-15(14)11-4-2-3-5-12(11)18/h2-5,15H,6-10H2,1H3,(H2,19,20,23)/p+1/t15-/m0/s1. The van der Waals surface area contributed by atoms with Crippen LogP contribution >= 0.6 is 11.6 Å². The predicted octanol–water partition coefficient (Wildman–Crippen LogP) is 0.0361. The van der Waals surface area contributed by atoms with E-state index in [0.29, 0.717) is 41.6 Å². The van der Waals surface area contributed by atoms with Crippen molar-refractivity contribution in [1.29, 1.82) is 0 Å². The molecule has 3 rings (SSSR count). The number of nitrogens with one attached hydrogen (secondary N) is 3. The Morgan fingerprint density at radius 1 is 1.36 bits per heavy atom. The fourth-order valence-corrected chi connectivity index (χ4v) is 3.38. The van der Waals surface area contributed by atoms with Gasteiger partial charge in [0, 0.05) is 5.02 Å². The Labute approximate surface area is 150 Å². The number of esters is 1. The quantitative estimate of drug-likeness (QED) is 0.657. The number of hydrogen-bond donors (Lipinski definition) is 3. The van der Waals surface area contributed by atoms with E-state index in [1.807, 2.05) is 6.07 Å². The van der Waals surface area contributed by atoms with Crippen molar-refractivity contribution in [1.82, 2.24) is 10.6 Å². The third-order valence-corrected chi connectivity index (χ3v) is 4.75. The van der Waals surface area contributed by atoms with Gasteiger partial charge in [0.05, 0.1) is 37.6 Å². The van der Waals surface area contributed by atoms with Gasteiger partial charge in [-0.2, -0.15) is 0 Å². The van der Waals surface area contributed by atoms with E-state index in [2.05, 4.69) is 10.6 Å². The number of carbonyl (C=O) groups excluding carboxylic acids is 2. The van der Waals surface area contributed by atoms with Gasteiger partial charge < -0.3 is 25.0 Å². The largest absolute Gasteiger partial charge is 0.466 e. The molecule has 0 aromatic heterocycles. The summed E-state index contributed by atoms with van der Waals surface area (Å²) in [5.41, 5.74) is 1.61. The lowest BCUT2D eigenvalue weighted by Gasteiger charge is -2.31. The van der Waals surface area contributed by atoms with Crippen molar-refractivity contribution in [3.63, 3.8) is 0 Å². The lowest BCUT2D eigenvalue weighted by molar-refractivity contribution is -0.903. The molecule has 0 aliphatic carbocycles. The molecule has 7 nitrogen and oxygen atoms in total. The van der Waals surface area contributed by atoms with E-state index in [1.165, 1.54) is 12.0 Å². The summed E-state index contributed by atoms with van der Waals surface area (Å²) in [5, 5.41) is 6.03. The summed E-state index contributed by atoms with van der Waals surface area (Å²) < 4.78 is 10.3. The third kappa shape index (κ3) is 3.95. The Hall–Kier alpha value is -2.09. The van der Waals surface area contributed by atoms with Crippen molar-refractivity contribution in [3.8, 4) is 0 Å². The van der Waals surface area contributed by atoms with Gasteiger partial charge in [0.2, 0.25) is 0 Å². The molecule has 0 saturated carbocycles. The first kappa shape index (κ1) is 17.7. The second kappa shape index (κ2) is 7.86. The number of carbonyl (C=O) groups is 2. The van der Waals surface area contributed by atoms with Crippen molar-refractivity contribution in [2.45, 2.75) is 6.04 Å². The number of methoxy groups -OCH3 is 1. The SMILES string of the molecule is COC(=O)C1=C(C[NH+]2CCOCC2)NC(=O)N[C@H]1c1ccccc1Cl. The number of amides is 2. The first-order chi connectivity index (χ1) is 12.1. The van der Waals surface area contributed by atoms with Crippen molar-refractivity contribution in [2.24, 2.45) is 0 Å². The molecule has 2 amide bonds. The Bertz CT molecular complexity index is 701. The molecule has 0 radical (unpaired) electrons. The van der Waals surface area contributed by atoms with Crippen LogP contribution in [0.3, 0.4) is 0 Å². The van der Waals surface area contributed by atoms with Gasteiger partial charge >= 0.3 is 12.0 Å². The molecule has 8 heteroatoms. The summed E-state index contributed by atoms with van der Waals surface area (Å²) >= 11 is 6.29. The summed E-state index contributed by atoms with van der Waals surface area (Å²) in [5.74, 6) is -0.486. The van der Waals surface area contributed by atoms with E-state index in [1.54, 1.807) is 18.2 Å². The number of quaternary nitrogens is 1. The minimum atomic E-state index is -0.648. The van der Waals surface area contributed by atoms with Gasteiger partial charge in [0.25, 0.3) is 0 Å². The second-order valence-corrected chi connectivity index (χ2v) is 6.38. The maximum atomic E-state index is 12.5. The zero-order valence-corrected chi connectivity index (χ0v) is 14.7. The summed E-state index contributed by atoms with van der Waals surface area (Å²) in [7, 11) is 1.33. The van der Waals surface area contributed by atoms with Crippen LogP contribution in [0.2, 0.25) is 5.02 Å². The van der Waals surface area contributed by atoms with Crippen LogP contribution in [0.15, 0.2) is 35.5 Å². The van der Waals surface area contributed by atoms with E-state index < -0.39 is 12.0 Å². The number of urea groups is 1. The van der Waals surface area contributed by atoms with Crippen LogP contribution in [0.25, 0.3) is 0 Å². The fraction of sp³-hybridized carbons (Fsp3) is 0.412. The molecule has 0 unspecified atom stereocenters. The van der Waals surface area contributed by atoms with Gasteiger partial charge in [-0.15, -0.1) is 0 Å². The molecule has 1 fully saturated rings. The maximum absolute atomic E-state index is 12.5. The summed E-state index contributed by atoms with van der Waals surface area (Å²) in [4.78, 5) is 25.9. The Balaban J connectivity index is 2.00. The molecule has 1 aromatic rings. The average molecular weight is 367 g/mol. The van der Waals surface area contributed by atoms with Crippen molar-refractivity contribution >= 4 is 23.6 Å². The normalized spacial score (nSPS) is 21.5. The summed E-state index contributed by atoms with van der Waals surface area (Å²) in [6.07, 6.45) is 0. The maximum Gasteiger partial charge on any atom is 0.338 e. The number of rotatable bonds is 4. The lowest BCUT2D eigenvalue weighted by atomic mass is 9.95. The van der Waals surface area contributed by atoms with Crippen molar-refractivity contribution in [3.05, 3.63) is 46.1 Å². The van der Waals surface area contributed by atoms with Gasteiger partial charge in [-0.1, -0.05) is 29.8 Å². The van der Waals surface area contributed by atoms with Gasteiger partial charge in [-0.3, -0.25) is 0 Å². The zero-order chi connectivity index (χ0) is 17.8. The predicted molar refractivity (Wildman–Crippen MR) is 91.3 cm³/mol. The molecule has 2 aliphatic heterocycles. The van der Waals surface area contributed by atoms with Gasteiger partial charge in [-0.25, -0.2) is 9.59 Å². The number of morpholine rings is 1. The van der Waals surface area contributed by atoms with Crippen LogP contribution in [0.5, 0.6) is 0 Å². The Morgan fingerprint density at radius 3 is 2.76 bits per heavy atom. The minimum absolute atomic E-state index is 0.361. The summed E-state index contributed by atoms with van der Waals surface area (Å²) in [6, 6.07) is 6.13. The first-order valence-corrected chi connectivity index (χ1v) is 8.52. The molecule has 134 valence electrons. The number of ether oxygens (including phenoxy) is 2. The van der Waals surface area contributed by atoms with E-state index in [4.69, 9.17) is 21.1 Å². The first-order valence-electron chi connectivity index (χ1n) is 8.14. The highest BCUT2D eigenvalue weighted by molar-refractivity contribution is 6.31. The van der Waals surface area contributed by atoms with Crippen LogP contribution in [-0.4, -0.2) is 52.0 Å². The van der Waals surface area contributed by atoms with Gasteiger partial charge in [-0.05, 0) is 11.6 Å². The van der Waals surface area contributed by atoms with Crippen LogP contribution in [-0.2, 0) is 14.3 Å². The van der Waals surface area contributed by atoms with Crippen LogP contribution in [0.4, 0.5) is 4.79 Å². The Morgan fingerprint density at radius 2 is 2.08 bits per heavy atom. The molecular formula is C17H21ClN3O4+. The van der Waals surface area contributed by atoms with Crippen molar-refractivity contribution in [2.75, 3.05) is 40.0 Å². The Kier molecular flexibility index (Phi) is 5.57. The van der Waals surface area contributed by atoms with E-state index in [-0.39, 0.29) is 6.03 Å². The molecule has 25 heavy (non-hydrogen) atoms. The highest BCUT2D eigenvalue weighted by atomic mass is 35.5. The number of hydrogen-bond acceptors (Lipinski definition) is 4. The topological polar surface area (TPSA) is 81.1 Å². The molecule has 1 aromatic carbocycles. The molecule has 3 N–H and O–H groups in total. The molecule has 1 saturated heterocycles. The van der Waals surface area contributed by atoms with Crippen LogP contribution < -0.4 is 15.5 Å². The highest BCUT2D eigenvalue weighted by Gasteiger charge is 2.36. The van der Waals surface area contributed by atoms with E-state index in [0.717, 1.165) is 13.1 Å². The zero-order valence-electron chi connectivity index (χ0n) is 13.9. The van der Waals surface area contributed by atoms with Crippen molar-refractivity contribution < 1.29 is 24.0 Å². The van der Waals surface area contributed by atoms with Crippen LogP contribution in [0.1, 0.15) is 11.6 Å². The minimum Gasteiger partial charge on any atom is -0.466 e.